The minimum absolute atomic E-state index is 0.291. The fourth-order valence-electron chi connectivity index (χ4n) is 1.43. The second-order valence-electron chi connectivity index (χ2n) is 4.03. The molecular formula is C14H21N5O. The maximum atomic E-state index is 5.78. The summed E-state index contributed by atoms with van der Waals surface area (Å²) in [6.07, 6.45) is 5.01. The highest BCUT2D eigenvalue weighted by atomic mass is 16.3. The van der Waals surface area contributed by atoms with Gasteiger partial charge in [-0.15, -0.1) is 13.2 Å². The standard InChI is InChI=1S/C14H21N5O/c1-4-8-16-13(15)18-14(17-9-5-2)19(3)11-12-7-6-10-20-12/h4-7,10H,1-2,8-9,11H2,3H3,(H3,15,16,17,18). The van der Waals surface area contributed by atoms with Crippen molar-refractivity contribution in [3.05, 3.63) is 49.5 Å². The number of guanidine groups is 2. The second kappa shape index (κ2) is 8.58. The largest absolute Gasteiger partial charge is 0.467 e. The van der Waals surface area contributed by atoms with Crippen LogP contribution in [-0.2, 0) is 6.54 Å². The third-order valence-electron chi connectivity index (χ3n) is 2.34. The van der Waals surface area contributed by atoms with E-state index in [1.54, 1.807) is 18.4 Å². The Labute approximate surface area is 119 Å². The van der Waals surface area contributed by atoms with E-state index >= 15 is 0 Å². The molecule has 0 bridgehead atoms. The zero-order valence-electron chi connectivity index (χ0n) is 11.7. The molecule has 0 aliphatic heterocycles. The smallest absolute Gasteiger partial charge is 0.201 e. The first-order valence-corrected chi connectivity index (χ1v) is 6.24. The van der Waals surface area contributed by atoms with Crippen molar-refractivity contribution >= 4 is 11.9 Å². The van der Waals surface area contributed by atoms with Crippen molar-refractivity contribution in [2.75, 3.05) is 20.1 Å². The molecule has 6 heteroatoms. The molecule has 1 heterocycles. The summed E-state index contributed by atoms with van der Waals surface area (Å²) >= 11 is 0. The van der Waals surface area contributed by atoms with E-state index in [0.29, 0.717) is 31.6 Å². The molecule has 1 rings (SSSR count). The number of nitrogens with two attached hydrogens (primary N) is 1. The Morgan fingerprint density at radius 3 is 2.70 bits per heavy atom. The summed E-state index contributed by atoms with van der Waals surface area (Å²) in [7, 11) is 1.89. The lowest BCUT2D eigenvalue weighted by molar-refractivity contribution is 0.404. The number of furan rings is 1. The first kappa shape index (κ1) is 15.6. The molecule has 0 saturated carbocycles. The molecule has 0 fully saturated rings. The summed E-state index contributed by atoms with van der Waals surface area (Å²) < 4.78 is 5.31. The van der Waals surface area contributed by atoms with Gasteiger partial charge in [-0.25, -0.2) is 9.98 Å². The van der Waals surface area contributed by atoms with Gasteiger partial charge in [-0.3, -0.25) is 5.32 Å². The van der Waals surface area contributed by atoms with E-state index in [1.165, 1.54) is 0 Å². The highest BCUT2D eigenvalue weighted by Gasteiger charge is 2.09. The van der Waals surface area contributed by atoms with Crippen molar-refractivity contribution < 1.29 is 4.42 Å². The van der Waals surface area contributed by atoms with Gasteiger partial charge in [0.25, 0.3) is 0 Å². The Kier molecular flexibility index (Phi) is 6.67. The predicted octanol–water partition coefficient (Wildman–Crippen LogP) is 1.34. The monoisotopic (exact) mass is 275 g/mol. The molecule has 0 radical (unpaired) electrons. The van der Waals surface area contributed by atoms with Crippen molar-refractivity contribution in [1.29, 1.82) is 0 Å². The topological polar surface area (TPSA) is 79.1 Å². The van der Waals surface area contributed by atoms with E-state index < -0.39 is 0 Å². The zero-order valence-corrected chi connectivity index (χ0v) is 11.7. The average molecular weight is 275 g/mol. The summed E-state index contributed by atoms with van der Waals surface area (Å²) in [6.45, 7) is 8.75. The van der Waals surface area contributed by atoms with Gasteiger partial charge in [0.1, 0.15) is 5.76 Å². The molecule has 0 aromatic carbocycles. The Balaban J connectivity index is 2.72. The van der Waals surface area contributed by atoms with Gasteiger partial charge in [-0.1, -0.05) is 12.2 Å². The molecule has 108 valence electrons. The number of nitrogens with zero attached hydrogens (tertiary/aromatic N) is 3. The third kappa shape index (κ3) is 5.43. The Bertz CT molecular complexity index is 476. The van der Waals surface area contributed by atoms with Crippen molar-refractivity contribution in [3.63, 3.8) is 0 Å². The average Bonchev–Trinajstić information content (AvgIpc) is 2.93. The van der Waals surface area contributed by atoms with Crippen LogP contribution in [-0.4, -0.2) is 37.0 Å². The summed E-state index contributed by atoms with van der Waals surface area (Å²) in [5.41, 5.74) is 5.78. The maximum absolute atomic E-state index is 5.78. The Morgan fingerprint density at radius 1 is 1.40 bits per heavy atom. The number of hydrogen-bond acceptors (Lipinski definition) is 3. The highest BCUT2D eigenvalue weighted by molar-refractivity contribution is 5.97. The van der Waals surface area contributed by atoms with E-state index in [4.69, 9.17) is 10.2 Å². The molecule has 0 saturated heterocycles. The molecule has 0 aliphatic carbocycles. The number of aliphatic imine (C=N–C) groups is 2. The summed E-state index contributed by atoms with van der Waals surface area (Å²) in [5, 5.41) is 2.97. The molecule has 1 aromatic heterocycles. The van der Waals surface area contributed by atoms with Crippen molar-refractivity contribution in [2.45, 2.75) is 6.54 Å². The first-order valence-electron chi connectivity index (χ1n) is 6.24. The zero-order chi connectivity index (χ0) is 14.8. The van der Waals surface area contributed by atoms with Crippen molar-refractivity contribution in [1.82, 2.24) is 10.2 Å². The van der Waals surface area contributed by atoms with Gasteiger partial charge in [0.2, 0.25) is 5.96 Å². The molecule has 3 N–H and O–H groups in total. The van der Waals surface area contributed by atoms with Crippen LogP contribution in [0.1, 0.15) is 5.76 Å². The molecule has 6 nitrogen and oxygen atoms in total. The fourth-order valence-corrected chi connectivity index (χ4v) is 1.43. The minimum atomic E-state index is 0.291. The van der Waals surface area contributed by atoms with E-state index in [1.807, 2.05) is 24.1 Å². The number of hydrogen-bond donors (Lipinski definition) is 2. The van der Waals surface area contributed by atoms with Crippen LogP contribution in [0.25, 0.3) is 0 Å². The highest BCUT2D eigenvalue weighted by Crippen LogP contribution is 2.03. The van der Waals surface area contributed by atoms with Gasteiger partial charge in [0.05, 0.1) is 25.9 Å². The SMILES string of the molecule is C=CCN=C(N)NC(=NCC=C)N(C)Cc1ccco1. The van der Waals surface area contributed by atoms with Crippen LogP contribution in [0.15, 0.2) is 58.1 Å². The molecule has 0 atom stereocenters. The summed E-state index contributed by atoms with van der Waals surface area (Å²) in [4.78, 5) is 10.3. The van der Waals surface area contributed by atoms with Crippen LogP contribution < -0.4 is 11.1 Å². The molecule has 20 heavy (non-hydrogen) atoms. The van der Waals surface area contributed by atoms with E-state index in [0.717, 1.165) is 5.76 Å². The summed E-state index contributed by atoms with van der Waals surface area (Å²) in [5.74, 6) is 1.73. The quantitative estimate of drug-likeness (QED) is 0.466. The first-order chi connectivity index (χ1) is 9.67. The van der Waals surface area contributed by atoms with E-state index in [-0.39, 0.29) is 0 Å². The summed E-state index contributed by atoms with van der Waals surface area (Å²) in [6, 6.07) is 3.74. The van der Waals surface area contributed by atoms with Gasteiger partial charge in [0.15, 0.2) is 5.96 Å². The van der Waals surface area contributed by atoms with Gasteiger partial charge in [-0.2, -0.15) is 0 Å². The van der Waals surface area contributed by atoms with E-state index in [9.17, 15) is 0 Å². The molecule has 0 aliphatic rings. The lowest BCUT2D eigenvalue weighted by Gasteiger charge is -2.21. The van der Waals surface area contributed by atoms with Gasteiger partial charge >= 0.3 is 0 Å². The molecule has 1 aromatic rings. The minimum Gasteiger partial charge on any atom is -0.467 e. The van der Waals surface area contributed by atoms with Crippen molar-refractivity contribution in [3.8, 4) is 0 Å². The third-order valence-corrected chi connectivity index (χ3v) is 2.34. The fraction of sp³-hybridized carbons (Fsp3) is 0.286. The molecule has 0 unspecified atom stereocenters. The van der Waals surface area contributed by atoms with Gasteiger partial charge in [0, 0.05) is 7.05 Å². The molecule has 0 spiro atoms. The van der Waals surface area contributed by atoms with Crippen molar-refractivity contribution in [2.24, 2.45) is 15.7 Å². The lowest BCUT2D eigenvalue weighted by atomic mass is 10.4. The van der Waals surface area contributed by atoms with Crippen LogP contribution in [0, 0.1) is 0 Å². The van der Waals surface area contributed by atoms with Crippen LogP contribution in [0.4, 0.5) is 0 Å². The van der Waals surface area contributed by atoms with Crippen LogP contribution in [0.3, 0.4) is 0 Å². The predicted molar refractivity (Wildman–Crippen MR) is 82.5 cm³/mol. The second-order valence-corrected chi connectivity index (χ2v) is 4.03. The van der Waals surface area contributed by atoms with E-state index in [2.05, 4.69) is 28.5 Å². The van der Waals surface area contributed by atoms with Gasteiger partial charge in [-0.05, 0) is 12.1 Å². The number of nitrogens with one attached hydrogen (secondary N) is 1. The van der Waals surface area contributed by atoms with Gasteiger partial charge < -0.3 is 15.1 Å². The van der Waals surface area contributed by atoms with Crippen LogP contribution >= 0.6 is 0 Å². The molecular weight excluding hydrogens is 254 g/mol. The Morgan fingerprint density at radius 2 is 2.10 bits per heavy atom. The molecule has 0 amide bonds. The number of rotatable bonds is 6. The Hall–Kier alpha value is -2.50. The van der Waals surface area contributed by atoms with Crippen LogP contribution in [0.2, 0.25) is 0 Å². The lowest BCUT2D eigenvalue weighted by Crippen LogP contribution is -2.45. The maximum Gasteiger partial charge on any atom is 0.201 e. The van der Waals surface area contributed by atoms with Crippen LogP contribution in [0.5, 0.6) is 0 Å². The normalized spacial score (nSPS) is 12.1.